The molecule has 0 saturated heterocycles. The molecule has 0 saturated carbocycles. The van der Waals surface area contributed by atoms with Gasteiger partial charge in [-0.3, -0.25) is 4.79 Å². The Kier molecular flexibility index (Phi) is 4.67. The van der Waals surface area contributed by atoms with E-state index in [2.05, 4.69) is 0 Å². The van der Waals surface area contributed by atoms with Crippen LogP contribution in [0.25, 0.3) is 0 Å². The largest absolute Gasteiger partial charge is 0.383 e. The zero-order valence-electron chi connectivity index (χ0n) is 10.5. The first-order valence-corrected chi connectivity index (χ1v) is 5.47. The number of alkyl halides is 4. The lowest BCUT2D eigenvalue weighted by Gasteiger charge is -2.28. The summed E-state index contributed by atoms with van der Waals surface area (Å²) in [5.74, 6) is -8.82. The van der Waals surface area contributed by atoms with Crippen LogP contribution in [0, 0.1) is 11.6 Å². The maximum Gasteiger partial charge on any atom is 0.383 e. The second-order valence-electron chi connectivity index (χ2n) is 4.18. The molecule has 2 nitrogen and oxygen atoms in total. The highest BCUT2D eigenvalue weighted by Gasteiger charge is 2.51. The zero-order valence-corrected chi connectivity index (χ0v) is 10.5. The molecule has 1 aromatic rings. The van der Waals surface area contributed by atoms with Crippen molar-refractivity contribution in [1.82, 2.24) is 4.90 Å². The third-order valence-electron chi connectivity index (χ3n) is 2.87. The van der Waals surface area contributed by atoms with Gasteiger partial charge in [0, 0.05) is 12.6 Å². The van der Waals surface area contributed by atoms with Crippen molar-refractivity contribution in [2.75, 3.05) is 7.05 Å². The zero-order chi connectivity index (χ0) is 15.7. The lowest BCUT2D eigenvalue weighted by atomic mass is 10.1. The normalized spacial score (nSPS) is 13.4. The maximum atomic E-state index is 13.5. The summed E-state index contributed by atoms with van der Waals surface area (Å²) in [6.45, 7) is 1.12. The third-order valence-corrected chi connectivity index (χ3v) is 2.87. The molecule has 0 aromatic heterocycles. The Bertz CT molecular complexity index is 505. The van der Waals surface area contributed by atoms with Gasteiger partial charge in [0.05, 0.1) is 6.04 Å². The van der Waals surface area contributed by atoms with Crippen LogP contribution in [-0.4, -0.2) is 30.2 Å². The van der Waals surface area contributed by atoms with E-state index in [4.69, 9.17) is 0 Å². The van der Waals surface area contributed by atoms with E-state index >= 15 is 0 Å². The molecule has 0 spiro atoms. The van der Waals surface area contributed by atoms with Crippen molar-refractivity contribution >= 4 is 5.91 Å². The van der Waals surface area contributed by atoms with Crippen molar-refractivity contribution in [3.05, 3.63) is 35.4 Å². The van der Waals surface area contributed by atoms with Crippen molar-refractivity contribution in [2.24, 2.45) is 0 Å². The van der Waals surface area contributed by atoms with Gasteiger partial charge in [0.15, 0.2) is 0 Å². The van der Waals surface area contributed by atoms with Crippen molar-refractivity contribution < 1.29 is 31.1 Å². The summed E-state index contributed by atoms with van der Waals surface area (Å²) in [7, 11) is 0.813. The van der Waals surface area contributed by atoms with Crippen LogP contribution in [-0.2, 0) is 4.79 Å². The summed E-state index contributed by atoms with van der Waals surface area (Å²) in [6, 6.07) is 0.943. The number of carbonyl (C=O) groups is 1. The molecule has 0 N–H and O–H groups in total. The van der Waals surface area contributed by atoms with Gasteiger partial charge in [-0.25, -0.2) is 17.6 Å². The van der Waals surface area contributed by atoms with Crippen LogP contribution in [0.3, 0.4) is 0 Å². The van der Waals surface area contributed by atoms with Gasteiger partial charge < -0.3 is 4.90 Å². The van der Waals surface area contributed by atoms with Crippen LogP contribution >= 0.6 is 0 Å². The molecule has 1 amide bonds. The Morgan fingerprint density at radius 1 is 1.25 bits per heavy atom. The van der Waals surface area contributed by atoms with Gasteiger partial charge in [-0.15, -0.1) is 0 Å². The first-order chi connectivity index (χ1) is 9.09. The van der Waals surface area contributed by atoms with E-state index in [-0.39, 0.29) is 10.5 Å². The summed E-state index contributed by atoms with van der Waals surface area (Å²) < 4.78 is 76.5. The molecule has 112 valence electrons. The number of hydrogen-bond acceptors (Lipinski definition) is 1. The average molecular weight is 299 g/mol. The predicted octanol–water partition coefficient (Wildman–Crippen LogP) is 3.38. The molecule has 8 heteroatoms. The third kappa shape index (κ3) is 3.05. The monoisotopic (exact) mass is 299 g/mol. The van der Waals surface area contributed by atoms with E-state index in [0.29, 0.717) is 6.07 Å². The van der Waals surface area contributed by atoms with Crippen molar-refractivity contribution in [3.63, 3.8) is 0 Å². The number of benzene rings is 1. The average Bonchev–Trinajstić information content (AvgIpc) is 2.38. The van der Waals surface area contributed by atoms with Crippen LogP contribution in [0.15, 0.2) is 18.2 Å². The molecule has 0 bridgehead atoms. The van der Waals surface area contributed by atoms with E-state index in [1.807, 2.05) is 0 Å². The Labute approximate surface area is 111 Å². The highest BCUT2D eigenvalue weighted by molar-refractivity contribution is 5.84. The van der Waals surface area contributed by atoms with E-state index in [9.17, 15) is 31.1 Å². The fourth-order valence-corrected chi connectivity index (χ4v) is 1.55. The lowest BCUT2D eigenvalue weighted by molar-refractivity contribution is -0.181. The molecule has 0 fully saturated rings. The maximum absolute atomic E-state index is 13.5. The van der Waals surface area contributed by atoms with Gasteiger partial charge in [-0.2, -0.15) is 8.78 Å². The van der Waals surface area contributed by atoms with Gasteiger partial charge in [-0.05, 0) is 25.1 Å². The Hall–Kier alpha value is -1.73. The fraction of sp³-hybridized carbons (Fsp3) is 0.417. The summed E-state index contributed by atoms with van der Waals surface area (Å²) in [5.41, 5.74) is -0.383. The van der Waals surface area contributed by atoms with Crippen LogP contribution in [0.5, 0.6) is 0 Å². The van der Waals surface area contributed by atoms with E-state index in [0.717, 1.165) is 26.1 Å². The first-order valence-electron chi connectivity index (χ1n) is 5.47. The van der Waals surface area contributed by atoms with Gasteiger partial charge in [-0.1, -0.05) is 0 Å². The summed E-state index contributed by atoms with van der Waals surface area (Å²) in [5, 5.41) is 0. The van der Waals surface area contributed by atoms with Crippen molar-refractivity contribution in [3.8, 4) is 0 Å². The molecule has 1 atom stereocenters. The molecule has 0 aliphatic carbocycles. The molecule has 20 heavy (non-hydrogen) atoms. The van der Waals surface area contributed by atoms with E-state index < -0.39 is 35.9 Å². The lowest BCUT2D eigenvalue weighted by Crippen LogP contribution is -2.47. The molecule has 0 radical (unpaired) electrons. The second kappa shape index (κ2) is 5.72. The minimum absolute atomic E-state index is 0.254. The number of amides is 1. The molecular formula is C12H11F6NO. The highest BCUT2D eigenvalue weighted by atomic mass is 19.3. The molecule has 0 aliphatic rings. The summed E-state index contributed by atoms with van der Waals surface area (Å²) >= 11 is 0. The van der Waals surface area contributed by atoms with Crippen LogP contribution < -0.4 is 0 Å². The van der Waals surface area contributed by atoms with Gasteiger partial charge >= 0.3 is 12.3 Å². The predicted molar refractivity (Wildman–Crippen MR) is 58.5 cm³/mol. The number of carbonyl (C=O) groups excluding carboxylic acids is 1. The standard InChI is InChI=1S/C12H11F6NO/c1-6(8-5-7(13)3-4-9(8)14)19(2)11(20)12(17,18)10(15)16/h3-6,10H,1-2H3. The molecule has 0 heterocycles. The number of rotatable bonds is 4. The van der Waals surface area contributed by atoms with Crippen LogP contribution in [0.4, 0.5) is 26.3 Å². The Balaban J connectivity index is 3.05. The van der Waals surface area contributed by atoms with Crippen molar-refractivity contribution in [2.45, 2.75) is 25.3 Å². The van der Waals surface area contributed by atoms with Crippen molar-refractivity contribution in [1.29, 1.82) is 0 Å². The Morgan fingerprint density at radius 2 is 1.80 bits per heavy atom. The molecular weight excluding hydrogens is 288 g/mol. The fourth-order valence-electron chi connectivity index (χ4n) is 1.55. The summed E-state index contributed by atoms with van der Waals surface area (Å²) in [6.07, 6.45) is -4.18. The van der Waals surface area contributed by atoms with E-state index in [1.54, 1.807) is 0 Å². The molecule has 1 aromatic carbocycles. The number of hydrogen-bond donors (Lipinski definition) is 0. The van der Waals surface area contributed by atoms with Gasteiger partial charge in [0.25, 0.3) is 5.91 Å². The minimum Gasteiger partial charge on any atom is -0.333 e. The van der Waals surface area contributed by atoms with Crippen LogP contribution in [0.2, 0.25) is 0 Å². The van der Waals surface area contributed by atoms with Crippen LogP contribution in [0.1, 0.15) is 18.5 Å². The quantitative estimate of drug-likeness (QED) is 0.780. The topological polar surface area (TPSA) is 20.3 Å². The highest BCUT2D eigenvalue weighted by Crippen LogP contribution is 2.30. The van der Waals surface area contributed by atoms with E-state index in [1.165, 1.54) is 0 Å². The molecule has 1 unspecified atom stereocenters. The smallest absolute Gasteiger partial charge is 0.333 e. The first kappa shape index (κ1) is 16.3. The Morgan fingerprint density at radius 3 is 2.30 bits per heavy atom. The summed E-state index contributed by atoms with van der Waals surface area (Å²) in [4.78, 5) is 11.6. The van der Waals surface area contributed by atoms with Gasteiger partial charge in [0.2, 0.25) is 0 Å². The second-order valence-corrected chi connectivity index (χ2v) is 4.18. The van der Waals surface area contributed by atoms with Gasteiger partial charge in [0.1, 0.15) is 11.6 Å². The SMILES string of the molecule is CC(c1cc(F)ccc1F)N(C)C(=O)C(F)(F)C(F)F. The number of nitrogens with zero attached hydrogens (tertiary/aromatic N) is 1. The molecule has 1 rings (SSSR count). The molecule has 0 aliphatic heterocycles. The number of halogens is 6. The minimum atomic E-state index is -4.88.